The van der Waals surface area contributed by atoms with Crippen LogP contribution >= 0.6 is 11.8 Å². The van der Waals surface area contributed by atoms with Gasteiger partial charge in [-0.15, -0.1) is 0 Å². The Morgan fingerprint density at radius 1 is 1.29 bits per heavy atom. The van der Waals surface area contributed by atoms with E-state index in [-0.39, 0.29) is 12.1 Å². The van der Waals surface area contributed by atoms with E-state index in [4.69, 9.17) is 0 Å². The highest BCUT2D eigenvalue weighted by Gasteiger charge is 2.30. The summed E-state index contributed by atoms with van der Waals surface area (Å²) in [4.78, 5) is -0.441. The largest absolute Gasteiger partial charge is 0.313 e. The first-order valence-corrected chi connectivity index (χ1v) is 9.33. The molecule has 1 heterocycles. The van der Waals surface area contributed by atoms with Crippen molar-refractivity contribution in [1.82, 2.24) is 9.62 Å². The van der Waals surface area contributed by atoms with Crippen molar-refractivity contribution in [3.05, 3.63) is 29.3 Å². The van der Waals surface area contributed by atoms with Crippen molar-refractivity contribution in [3.63, 3.8) is 0 Å². The second-order valence-electron chi connectivity index (χ2n) is 4.63. The summed E-state index contributed by atoms with van der Waals surface area (Å²) in [5.41, 5.74) is -0.232. The standard InChI is InChI=1S/C13H18F2N2O2S2/c1-2-16-9-10-11(14)3-4-12(13(10)15)21(18,19)17-5-7-20-8-6-17/h3-4,16H,2,5-9H2,1H3. The summed E-state index contributed by atoms with van der Waals surface area (Å²) in [6.07, 6.45) is 0. The minimum atomic E-state index is -3.91. The molecule has 1 aromatic rings. The maximum atomic E-state index is 14.4. The number of thioether (sulfide) groups is 1. The van der Waals surface area contributed by atoms with Crippen molar-refractivity contribution in [2.45, 2.75) is 18.4 Å². The number of hydrogen-bond acceptors (Lipinski definition) is 4. The lowest BCUT2D eigenvalue weighted by molar-refractivity contribution is 0.435. The smallest absolute Gasteiger partial charge is 0.246 e. The predicted molar refractivity (Wildman–Crippen MR) is 79.8 cm³/mol. The second kappa shape index (κ2) is 7.04. The normalized spacial score (nSPS) is 17.1. The number of halogens is 2. The van der Waals surface area contributed by atoms with Gasteiger partial charge in [0, 0.05) is 36.7 Å². The quantitative estimate of drug-likeness (QED) is 0.891. The van der Waals surface area contributed by atoms with Crippen molar-refractivity contribution in [2.24, 2.45) is 0 Å². The zero-order valence-electron chi connectivity index (χ0n) is 11.7. The summed E-state index contributed by atoms with van der Waals surface area (Å²) in [7, 11) is -3.91. The number of sulfonamides is 1. The van der Waals surface area contributed by atoms with Crippen LogP contribution in [-0.2, 0) is 16.6 Å². The maximum absolute atomic E-state index is 14.4. The molecule has 1 aliphatic heterocycles. The molecule has 118 valence electrons. The van der Waals surface area contributed by atoms with E-state index in [1.165, 1.54) is 4.31 Å². The molecule has 1 fully saturated rings. The van der Waals surface area contributed by atoms with Gasteiger partial charge in [0.15, 0.2) is 5.82 Å². The average molecular weight is 336 g/mol. The van der Waals surface area contributed by atoms with Crippen LogP contribution in [0.1, 0.15) is 12.5 Å². The van der Waals surface area contributed by atoms with E-state index in [9.17, 15) is 17.2 Å². The van der Waals surface area contributed by atoms with Gasteiger partial charge in [-0.25, -0.2) is 17.2 Å². The molecule has 8 heteroatoms. The predicted octanol–water partition coefficient (Wildman–Crippen LogP) is 1.81. The van der Waals surface area contributed by atoms with Crippen LogP contribution in [0.2, 0.25) is 0 Å². The van der Waals surface area contributed by atoms with Crippen molar-refractivity contribution in [2.75, 3.05) is 31.1 Å². The van der Waals surface area contributed by atoms with Crippen LogP contribution in [0.3, 0.4) is 0 Å². The molecule has 0 amide bonds. The highest BCUT2D eigenvalue weighted by Crippen LogP contribution is 2.25. The topological polar surface area (TPSA) is 49.4 Å². The van der Waals surface area contributed by atoms with Gasteiger partial charge in [0.2, 0.25) is 10.0 Å². The maximum Gasteiger partial charge on any atom is 0.246 e. The van der Waals surface area contributed by atoms with Gasteiger partial charge in [0.25, 0.3) is 0 Å². The molecule has 0 unspecified atom stereocenters. The third-order valence-electron chi connectivity index (χ3n) is 3.29. The van der Waals surface area contributed by atoms with E-state index in [1.54, 1.807) is 11.8 Å². The van der Waals surface area contributed by atoms with Crippen LogP contribution in [0.15, 0.2) is 17.0 Å². The number of nitrogens with one attached hydrogen (secondary N) is 1. The van der Waals surface area contributed by atoms with Crippen LogP contribution in [-0.4, -0.2) is 43.9 Å². The van der Waals surface area contributed by atoms with Gasteiger partial charge >= 0.3 is 0 Å². The van der Waals surface area contributed by atoms with E-state index in [0.717, 1.165) is 12.1 Å². The summed E-state index contributed by atoms with van der Waals surface area (Å²) in [5.74, 6) is -0.353. The van der Waals surface area contributed by atoms with Gasteiger partial charge in [-0.2, -0.15) is 16.1 Å². The van der Waals surface area contributed by atoms with Crippen LogP contribution in [0, 0.1) is 11.6 Å². The molecule has 0 aromatic heterocycles. The molecule has 1 N–H and O–H groups in total. The SMILES string of the molecule is CCNCc1c(F)ccc(S(=O)(=O)N2CCSCC2)c1F. The third kappa shape index (κ3) is 3.56. The van der Waals surface area contributed by atoms with Crippen LogP contribution in [0.5, 0.6) is 0 Å². The molecule has 0 bridgehead atoms. The third-order valence-corrected chi connectivity index (χ3v) is 6.15. The molecular formula is C13H18F2N2O2S2. The first kappa shape index (κ1) is 16.7. The molecule has 0 spiro atoms. The van der Waals surface area contributed by atoms with Crippen molar-refractivity contribution >= 4 is 21.8 Å². The Balaban J connectivity index is 2.38. The minimum Gasteiger partial charge on any atom is -0.313 e. The molecule has 2 rings (SSSR count). The Bertz CT molecular complexity index is 602. The van der Waals surface area contributed by atoms with E-state index in [2.05, 4.69) is 5.32 Å². The highest BCUT2D eigenvalue weighted by molar-refractivity contribution is 7.99. The molecule has 1 aliphatic rings. The number of rotatable bonds is 5. The summed E-state index contributed by atoms with van der Waals surface area (Å²) in [6, 6.07) is 2.03. The highest BCUT2D eigenvalue weighted by atomic mass is 32.2. The molecule has 1 aromatic carbocycles. The lowest BCUT2D eigenvalue weighted by atomic mass is 10.2. The van der Waals surface area contributed by atoms with Crippen molar-refractivity contribution < 1.29 is 17.2 Å². The summed E-state index contributed by atoms with van der Waals surface area (Å²) in [5, 5.41) is 2.81. The van der Waals surface area contributed by atoms with E-state index in [0.29, 0.717) is 31.1 Å². The summed E-state index contributed by atoms with van der Waals surface area (Å²) < 4.78 is 54.3. The molecular weight excluding hydrogens is 318 g/mol. The van der Waals surface area contributed by atoms with Gasteiger partial charge in [-0.3, -0.25) is 0 Å². The Hall–Kier alpha value is -0.700. The van der Waals surface area contributed by atoms with Gasteiger partial charge in [0.05, 0.1) is 0 Å². The van der Waals surface area contributed by atoms with Gasteiger partial charge < -0.3 is 5.32 Å². The number of nitrogens with zero attached hydrogens (tertiary/aromatic N) is 1. The first-order chi connectivity index (χ1) is 9.98. The minimum absolute atomic E-state index is 0.0343. The zero-order valence-corrected chi connectivity index (χ0v) is 13.4. The Kier molecular flexibility index (Phi) is 5.59. The fourth-order valence-electron chi connectivity index (χ4n) is 2.11. The zero-order chi connectivity index (χ0) is 15.5. The van der Waals surface area contributed by atoms with Crippen LogP contribution in [0.4, 0.5) is 8.78 Å². The van der Waals surface area contributed by atoms with E-state index < -0.39 is 26.6 Å². The van der Waals surface area contributed by atoms with E-state index >= 15 is 0 Å². The molecule has 0 aliphatic carbocycles. The Labute approximate surface area is 128 Å². The molecule has 4 nitrogen and oxygen atoms in total. The van der Waals surface area contributed by atoms with Crippen LogP contribution < -0.4 is 5.32 Å². The van der Waals surface area contributed by atoms with Crippen molar-refractivity contribution in [1.29, 1.82) is 0 Å². The second-order valence-corrected chi connectivity index (χ2v) is 7.77. The number of hydrogen-bond donors (Lipinski definition) is 1. The molecule has 0 atom stereocenters. The fraction of sp³-hybridized carbons (Fsp3) is 0.538. The lowest BCUT2D eigenvalue weighted by Crippen LogP contribution is -2.38. The van der Waals surface area contributed by atoms with Gasteiger partial charge in [0.1, 0.15) is 10.7 Å². The van der Waals surface area contributed by atoms with Gasteiger partial charge in [-0.05, 0) is 18.7 Å². The monoisotopic (exact) mass is 336 g/mol. The summed E-state index contributed by atoms with van der Waals surface area (Å²) >= 11 is 1.66. The first-order valence-electron chi connectivity index (χ1n) is 6.74. The molecule has 0 saturated carbocycles. The van der Waals surface area contributed by atoms with Crippen molar-refractivity contribution in [3.8, 4) is 0 Å². The van der Waals surface area contributed by atoms with E-state index in [1.807, 2.05) is 6.92 Å². The fourth-order valence-corrected chi connectivity index (χ4v) is 4.78. The number of benzene rings is 1. The molecule has 21 heavy (non-hydrogen) atoms. The summed E-state index contributed by atoms with van der Waals surface area (Å²) in [6.45, 7) is 3.02. The Morgan fingerprint density at radius 2 is 1.95 bits per heavy atom. The average Bonchev–Trinajstić information content (AvgIpc) is 2.48. The van der Waals surface area contributed by atoms with Crippen LogP contribution in [0.25, 0.3) is 0 Å². The lowest BCUT2D eigenvalue weighted by Gasteiger charge is -2.26. The Morgan fingerprint density at radius 3 is 2.57 bits per heavy atom. The molecule has 1 saturated heterocycles. The molecule has 0 radical (unpaired) electrons. The van der Waals surface area contributed by atoms with Gasteiger partial charge in [-0.1, -0.05) is 6.92 Å².